The Morgan fingerprint density at radius 3 is 2.95 bits per heavy atom. The molecule has 0 bridgehead atoms. The Labute approximate surface area is 121 Å². The minimum Gasteiger partial charge on any atom is -0.378 e. The molecule has 5 nitrogen and oxygen atoms in total. The van der Waals surface area contributed by atoms with E-state index in [1.54, 1.807) is 0 Å². The summed E-state index contributed by atoms with van der Waals surface area (Å²) in [5.41, 5.74) is 0. The van der Waals surface area contributed by atoms with Crippen molar-refractivity contribution in [2.45, 2.75) is 70.9 Å². The highest BCUT2D eigenvalue weighted by Gasteiger charge is 2.20. The summed E-state index contributed by atoms with van der Waals surface area (Å²) < 4.78 is 11.0. The van der Waals surface area contributed by atoms with Crippen LogP contribution < -0.4 is 5.32 Å². The molecule has 2 atom stereocenters. The number of aromatic nitrogens is 2. The van der Waals surface area contributed by atoms with Crippen LogP contribution in [0.3, 0.4) is 0 Å². The van der Waals surface area contributed by atoms with Crippen LogP contribution in [0.5, 0.6) is 0 Å². The highest BCUT2D eigenvalue weighted by atomic mass is 16.5. The summed E-state index contributed by atoms with van der Waals surface area (Å²) in [6, 6.07) is 0.441. The normalized spacial score (nSPS) is 20.4. The third-order valence-electron chi connectivity index (χ3n) is 3.69. The SMILES string of the molecule is CCCNC(CCC)Cc1nc(CC2CCCO2)no1. The van der Waals surface area contributed by atoms with E-state index in [2.05, 4.69) is 29.3 Å². The molecule has 2 rings (SSSR count). The summed E-state index contributed by atoms with van der Waals surface area (Å²) in [6.45, 7) is 6.30. The quantitative estimate of drug-likeness (QED) is 0.753. The number of hydrogen-bond donors (Lipinski definition) is 1. The van der Waals surface area contributed by atoms with Crippen molar-refractivity contribution in [2.24, 2.45) is 0 Å². The van der Waals surface area contributed by atoms with Crippen molar-refractivity contribution >= 4 is 0 Å². The first-order valence-electron chi connectivity index (χ1n) is 7.98. The maximum absolute atomic E-state index is 5.60. The van der Waals surface area contributed by atoms with Crippen LogP contribution in [-0.2, 0) is 17.6 Å². The van der Waals surface area contributed by atoms with Gasteiger partial charge in [0, 0.05) is 25.5 Å². The highest BCUT2D eigenvalue weighted by molar-refractivity contribution is 4.92. The second-order valence-corrected chi connectivity index (χ2v) is 5.59. The van der Waals surface area contributed by atoms with Gasteiger partial charge in [-0.2, -0.15) is 4.98 Å². The van der Waals surface area contributed by atoms with Gasteiger partial charge in [0.15, 0.2) is 5.82 Å². The Bertz CT molecular complexity index is 375. The molecule has 1 saturated heterocycles. The predicted molar refractivity (Wildman–Crippen MR) is 77.7 cm³/mol. The molecule has 1 fully saturated rings. The fraction of sp³-hybridized carbons (Fsp3) is 0.867. The van der Waals surface area contributed by atoms with Gasteiger partial charge in [0.05, 0.1) is 6.10 Å². The average molecular weight is 281 g/mol. The van der Waals surface area contributed by atoms with Gasteiger partial charge in [-0.25, -0.2) is 0 Å². The van der Waals surface area contributed by atoms with Crippen molar-refractivity contribution in [3.05, 3.63) is 11.7 Å². The minimum atomic E-state index is 0.283. The van der Waals surface area contributed by atoms with E-state index in [4.69, 9.17) is 9.26 Å². The highest BCUT2D eigenvalue weighted by Crippen LogP contribution is 2.16. The standard InChI is InChI=1S/C15H27N3O2/c1-3-6-12(16-8-4-2)10-15-17-14(18-20-15)11-13-7-5-9-19-13/h12-13,16H,3-11H2,1-2H3. The number of nitrogens with zero attached hydrogens (tertiary/aromatic N) is 2. The average Bonchev–Trinajstić information content (AvgIpc) is 3.09. The first-order chi connectivity index (χ1) is 9.81. The van der Waals surface area contributed by atoms with Gasteiger partial charge < -0.3 is 14.6 Å². The van der Waals surface area contributed by atoms with E-state index in [9.17, 15) is 0 Å². The van der Waals surface area contributed by atoms with Gasteiger partial charge in [0.1, 0.15) is 0 Å². The maximum Gasteiger partial charge on any atom is 0.228 e. The molecular formula is C15H27N3O2. The Kier molecular flexibility index (Phi) is 6.47. The molecule has 5 heteroatoms. The topological polar surface area (TPSA) is 60.2 Å². The Balaban J connectivity index is 1.82. The van der Waals surface area contributed by atoms with E-state index in [1.165, 1.54) is 0 Å². The van der Waals surface area contributed by atoms with E-state index < -0.39 is 0 Å². The first kappa shape index (κ1) is 15.4. The second-order valence-electron chi connectivity index (χ2n) is 5.59. The molecular weight excluding hydrogens is 254 g/mol. The van der Waals surface area contributed by atoms with Crippen molar-refractivity contribution < 1.29 is 9.26 Å². The Hall–Kier alpha value is -0.940. The van der Waals surface area contributed by atoms with Crippen LogP contribution in [0.2, 0.25) is 0 Å². The third-order valence-corrected chi connectivity index (χ3v) is 3.69. The van der Waals surface area contributed by atoms with Crippen molar-refractivity contribution in [1.29, 1.82) is 0 Å². The molecule has 0 aliphatic carbocycles. The largest absolute Gasteiger partial charge is 0.378 e. The van der Waals surface area contributed by atoms with Gasteiger partial charge in [-0.3, -0.25) is 0 Å². The number of nitrogens with one attached hydrogen (secondary N) is 1. The summed E-state index contributed by atoms with van der Waals surface area (Å²) in [7, 11) is 0. The van der Waals surface area contributed by atoms with Gasteiger partial charge in [-0.1, -0.05) is 25.4 Å². The van der Waals surface area contributed by atoms with Crippen LogP contribution in [0.4, 0.5) is 0 Å². The zero-order valence-electron chi connectivity index (χ0n) is 12.7. The number of rotatable bonds is 9. The molecule has 1 aromatic heterocycles. The molecule has 1 N–H and O–H groups in total. The summed E-state index contributed by atoms with van der Waals surface area (Å²) in [4.78, 5) is 4.51. The Morgan fingerprint density at radius 2 is 2.25 bits per heavy atom. The van der Waals surface area contributed by atoms with Gasteiger partial charge in [-0.05, 0) is 32.2 Å². The summed E-state index contributed by atoms with van der Waals surface area (Å²) in [5.74, 6) is 1.54. The lowest BCUT2D eigenvalue weighted by Crippen LogP contribution is -2.31. The van der Waals surface area contributed by atoms with Crippen LogP contribution in [0, 0.1) is 0 Å². The molecule has 0 saturated carbocycles. The smallest absolute Gasteiger partial charge is 0.228 e. The minimum absolute atomic E-state index is 0.283. The summed E-state index contributed by atoms with van der Waals surface area (Å²) in [5, 5.41) is 7.63. The van der Waals surface area contributed by atoms with Crippen molar-refractivity contribution in [2.75, 3.05) is 13.2 Å². The molecule has 1 aliphatic rings. The third kappa shape index (κ3) is 4.87. The predicted octanol–water partition coefficient (Wildman–Crippen LogP) is 2.50. The zero-order chi connectivity index (χ0) is 14.2. The Morgan fingerprint density at radius 1 is 1.35 bits per heavy atom. The van der Waals surface area contributed by atoms with Gasteiger partial charge in [-0.15, -0.1) is 0 Å². The van der Waals surface area contributed by atoms with E-state index in [0.29, 0.717) is 6.04 Å². The van der Waals surface area contributed by atoms with Crippen LogP contribution in [-0.4, -0.2) is 35.4 Å². The van der Waals surface area contributed by atoms with Crippen LogP contribution >= 0.6 is 0 Å². The van der Waals surface area contributed by atoms with Crippen LogP contribution in [0.1, 0.15) is 57.7 Å². The lowest BCUT2D eigenvalue weighted by molar-refractivity contribution is 0.109. The fourth-order valence-electron chi connectivity index (χ4n) is 2.65. The molecule has 114 valence electrons. The maximum atomic E-state index is 5.60. The number of hydrogen-bond acceptors (Lipinski definition) is 5. The van der Waals surface area contributed by atoms with E-state index in [1.807, 2.05) is 0 Å². The molecule has 0 radical (unpaired) electrons. The number of ether oxygens (including phenoxy) is 1. The molecule has 20 heavy (non-hydrogen) atoms. The molecule has 0 aromatic carbocycles. The summed E-state index contributed by atoms with van der Waals surface area (Å²) >= 11 is 0. The zero-order valence-corrected chi connectivity index (χ0v) is 12.7. The molecule has 0 amide bonds. The van der Waals surface area contributed by atoms with E-state index in [-0.39, 0.29) is 6.10 Å². The molecule has 1 aromatic rings. The second kappa shape index (κ2) is 8.37. The first-order valence-corrected chi connectivity index (χ1v) is 7.98. The lowest BCUT2D eigenvalue weighted by Gasteiger charge is -2.15. The van der Waals surface area contributed by atoms with E-state index in [0.717, 1.165) is 69.8 Å². The van der Waals surface area contributed by atoms with Gasteiger partial charge >= 0.3 is 0 Å². The lowest BCUT2D eigenvalue weighted by atomic mass is 10.1. The van der Waals surface area contributed by atoms with Gasteiger partial charge in [0.2, 0.25) is 5.89 Å². The molecule has 1 aliphatic heterocycles. The summed E-state index contributed by atoms with van der Waals surface area (Å²) in [6.07, 6.45) is 7.60. The van der Waals surface area contributed by atoms with Crippen molar-refractivity contribution in [1.82, 2.24) is 15.5 Å². The molecule has 2 unspecified atom stereocenters. The molecule has 2 heterocycles. The molecule has 0 spiro atoms. The van der Waals surface area contributed by atoms with E-state index >= 15 is 0 Å². The fourth-order valence-corrected chi connectivity index (χ4v) is 2.65. The van der Waals surface area contributed by atoms with Gasteiger partial charge in [0.25, 0.3) is 0 Å². The van der Waals surface area contributed by atoms with Crippen molar-refractivity contribution in [3.8, 4) is 0 Å². The monoisotopic (exact) mass is 281 g/mol. The van der Waals surface area contributed by atoms with Crippen LogP contribution in [0.15, 0.2) is 4.52 Å². The van der Waals surface area contributed by atoms with Crippen molar-refractivity contribution in [3.63, 3.8) is 0 Å². The van der Waals surface area contributed by atoms with Crippen LogP contribution in [0.25, 0.3) is 0 Å².